The van der Waals surface area contributed by atoms with Crippen molar-refractivity contribution in [1.82, 2.24) is 4.90 Å². The van der Waals surface area contributed by atoms with Gasteiger partial charge in [-0.1, -0.05) is 11.6 Å². The van der Waals surface area contributed by atoms with Gasteiger partial charge < -0.3 is 14.5 Å². The molecule has 0 aliphatic carbocycles. The third-order valence-corrected chi connectivity index (χ3v) is 3.54. The Balaban J connectivity index is 2.11. The number of benzene rings is 1. The van der Waals surface area contributed by atoms with Gasteiger partial charge in [0.1, 0.15) is 6.07 Å². The average Bonchev–Trinajstić information content (AvgIpc) is 2.46. The Morgan fingerprint density at radius 3 is 2.90 bits per heavy atom. The molecule has 1 heterocycles. The number of carbonyl (C=O) groups is 1. The van der Waals surface area contributed by atoms with E-state index in [0.29, 0.717) is 36.8 Å². The SMILES string of the molecule is COCCN1CCN(c2cc(Cl)ccc2C#N)CC1=O. The number of hydrogen-bond acceptors (Lipinski definition) is 4. The number of rotatable bonds is 4. The predicted molar refractivity (Wildman–Crippen MR) is 76.8 cm³/mol. The predicted octanol–water partition coefficient (Wildman–Crippen LogP) is 1.51. The second-order valence-corrected chi connectivity index (χ2v) is 5.00. The van der Waals surface area contributed by atoms with Crippen molar-refractivity contribution in [2.24, 2.45) is 0 Å². The number of halogens is 1. The van der Waals surface area contributed by atoms with Gasteiger partial charge in [0.15, 0.2) is 0 Å². The number of piperazine rings is 1. The summed E-state index contributed by atoms with van der Waals surface area (Å²) in [6.45, 7) is 2.71. The molecule has 0 unspecified atom stereocenters. The van der Waals surface area contributed by atoms with Crippen molar-refractivity contribution in [2.45, 2.75) is 0 Å². The highest BCUT2D eigenvalue weighted by Gasteiger charge is 2.25. The molecule has 0 saturated carbocycles. The van der Waals surface area contributed by atoms with Crippen LogP contribution in [-0.2, 0) is 9.53 Å². The summed E-state index contributed by atoms with van der Waals surface area (Å²) in [6.07, 6.45) is 0. The van der Waals surface area contributed by atoms with Crippen LogP contribution in [0, 0.1) is 11.3 Å². The zero-order valence-corrected chi connectivity index (χ0v) is 12.1. The first-order chi connectivity index (χ1) is 9.65. The molecule has 1 aromatic rings. The summed E-state index contributed by atoms with van der Waals surface area (Å²) in [5.74, 6) is 0.0390. The highest BCUT2D eigenvalue weighted by atomic mass is 35.5. The van der Waals surface area contributed by atoms with E-state index in [4.69, 9.17) is 21.6 Å². The van der Waals surface area contributed by atoms with Crippen LogP contribution in [0.25, 0.3) is 0 Å². The first-order valence-electron chi connectivity index (χ1n) is 6.37. The fourth-order valence-electron chi connectivity index (χ4n) is 2.21. The molecule has 1 aliphatic rings. The highest BCUT2D eigenvalue weighted by molar-refractivity contribution is 6.30. The van der Waals surface area contributed by atoms with Crippen LogP contribution in [0.3, 0.4) is 0 Å². The summed E-state index contributed by atoms with van der Waals surface area (Å²) in [5, 5.41) is 9.71. The van der Waals surface area contributed by atoms with Crippen molar-refractivity contribution in [3.63, 3.8) is 0 Å². The lowest BCUT2D eigenvalue weighted by molar-refractivity contribution is -0.131. The van der Waals surface area contributed by atoms with Crippen LogP contribution in [0.1, 0.15) is 5.56 Å². The first-order valence-corrected chi connectivity index (χ1v) is 6.75. The molecule has 6 heteroatoms. The van der Waals surface area contributed by atoms with Gasteiger partial charge >= 0.3 is 0 Å². The minimum Gasteiger partial charge on any atom is -0.383 e. The van der Waals surface area contributed by atoms with Crippen LogP contribution in [0.15, 0.2) is 18.2 Å². The van der Waals surface area contributed by atoms with Gasteiger partial charge in [-0.25, -0.2) is 0 Å². The van der Waals surface area contributed by atoms with Crippen molar-refractivity contribution in [1.29, 1.82) is 5.26 Å². The Bertz CT molecular complexity index is 542. The monoisotopic (exact) mass is 293 g/mol. The maximum atomic E-state index is 12.1. The van der Waals surface area contributed by atoms with Gasteiger partial charge in [-0.15, -0.1) is 0 Å². The van der Waals surface area contributed by atoms with Crippen LogP contribution in [0.4, 0.5) is 5.69 Å². The molecule has 1 amide bonds. The zero-order valence-electron chi connectivity index (χ0n) is 11.3. The number of amides is 1. The molecule has 2 rings (SSSR count). The smallest absolute Gasteiger partial charge is 0.242 e. The number of nitriles is 1. The molecular weight excluding hydrogens is 278 g/mol. The molecular formula is C14H16ClN3O2. The second-order valence-electron chi connectivity index (χ2n) is 4.57. The molecule has 0 spiro atoms. The number of methoxy groups -OCH3 is 1. The molecule has 0 N–H and O–H groups in total. The summed E-state index contributed by atoms with van der Waals surface area (Å²) < 4.78 is 4.99. The zero-order chi connectivity index (χ0) is 14.5. The maximum Gasteiger partial charge on any atom is 0.242 e. The molecule has 1 aromatic carbocycles. The maximum absolute atomic E-state index is 12.1. The minimum atomic E-state index is 0.0390. The van der Waals surface area contributed by atoms with Gasteiger partial charge in [-0.2, -0.15) is 5.26 Å². The number of ether oxygens (including phenoxy) is 1. The van der Waals surface area contributed by atoms with E-state index in [0.717, 1.165) is 5.69 Å². The molecule has 0 atom stereocenters. The molecule has 0 aromatic heterocycles. The number of nitrogens with zero attached hydrogens (tertiary/aromatic N) is 3. The lowest BCUT2D eigenvalue weighted by Gasteiger charge is -2.35. The van der Waals surface area contributed by atoms with Gasteiger partial charge in [0.2, 0.25) is 5.91 Å². The number of anilines is 1. The molecule has 106 valence electrons. The van der Waals surface area contributed by atoms with Crippen molar-refractivity contribution < 1.29 is 9.53 Å². The standard InChI is InChI=1S/C14H16ClN3O2/c1-20-7-6-17-4-5-18(10-14(17)19)13-8-12(15)3-2-11(13)9-16/h2-3,8H,4-7,10H2,1H3. The molecule has 5 nitrogen and oxygen atoms in total. The first kappa shape index (κ1) is 14.6. The summed E-state index contributed by atoms with van der Waals surface area (Å²) >= 11 is 5.98. The van der Waals surface area contributed by atoms with Crippen molar-refractivity contribution >= 4 is 23.2 Å². The molecule has 1 aliphatic heterocycles. The van der Waals surface area contributed by atoms with Crippen LogP contribution < -0.4 is 4.90 Å². The van der Waals surface area contributed by atoms with Gasteiger partial charge in [0.25, 0.3) is 0 Å². The Morgan fingerprint density at radius 1 is 1.45 bits per heavy atom. The van der Waals surface area contributed by atoms with Gasteiger partial charge in [-0.05, 0) is 18.2 Å². The lowest BCUT2D eigenvalue weighted by atomic mass is 10.1. The van der Waals surface area contributed by atoms with E-state index in [-0.39, 0.29) is 12.5 Å². The van der Waals surface area contributed by atoms with E-state index >= 15 is 0 Å². The van der Waals surface area contributed by atoms with E-state index < -0.39 is 0 Å². The van der Waals surface area contributed by atoms with Crippen molar-refractivity contribution in [2.75, 3.05) is 44.8 Å². The van der Waals surface area contributed by atoms with Crippen molar-refractivity contribution in [3.05, 3.63) is 28.8 Å². The van der Waals surface area contributed by atoms with E-state index in [2.05, 4.69) is 6.07 Å². The van der Waals surface area contributed by atoms with E-state index in [1.54, 1.807) is 30.2 Å². The lowest BCUT2D eigenvalue weighted by Crippen LogP contribution is -2.51. The Hall–Kier alpha value is -1.77. The number of hydrogen-bond donors (Lipinski definition) is 0. The third-order valence-electron chi connectivity index (χ3n) is 3.30. The fraction of sp³-hybridized carbons (Fsp3) is 0.429. The average molecular weight is 294 g/mol. The molecule has 0 radical (unpaired) electrons. The van der Waals surface area contributed by atoms with Crippen molar-refractivity contribution in [3.8, 4) is 6.07 Å². The summed E-state index contributed by atoms with van der Waals surface area (Å²) in [6, 6.07) is 7.23. The van der Waals surface area contributed by atoms with Gasteiger partial charge in [0.05, 0.1) is 24.4 Å². The third kappa shape index (κ3) is 3.21. The minimum absolute atomic E-state index is 0.0390. The fourth-order valence-corrected chi connectivity index (χ4v) is 2.38. The quantitative estimate of drug-likeness (QED) is 0.844. The summed E-state index contributed by atoms with van der Waals surface area (Å²) in [7, 11) is 1.62. The van der Waals surface area contributed by atoms with E-state index in [1.807, 2.05) is 4.90 Å². The van der Waals surface area contributed by atoms with Crippen LogP contribution in [-0.4, -0.2) is 50.7 Å². The second kappa shape index (κ2) is 6.60. The van der Waals surface area contributed by atoms with Crippen LogP contribution >= 0.6 is 11.6 Å². The van der Waals surface area contributed by atoms with E-state index in [9.17, 15) is 4.79 Å². The summed E-state index contributed by atoms with van der Waals surface area (Å²) in [4.78, 5) is 15.8. The number of carbonyl (C=O) groups excluding carboxylic acids is 1. The van der Waals surface area contributed by atoms with Gasteiger partial charge in [-0.3, -0.25) is 4.79 Å². The Labute approximate surface area is 123 Å². The van der Waals surface area contributed by atoms with Gasteiger partial charge in [0, 0.05) is 31.8 Å². The largest absolute Gasteiger partial charge is 0.383 e. The normalized spacial score (nSPS) is 15.3. The van der Waals surface area contributed by atoms with E-state index in [1.165, 1.54) is 0 Å². The van der Waals surface area contributed by atoms with Crippen LogP contribution in [0.5, 0.6) is 0 Å². The molecule has 0 bridgehead atoms. The molecule has 1 saturated heterocycles. The molecule has 20 heavy (non-hydrogen) atoms. The Morgan fingerprint density at radius 2 is 2.25 bits per heavy atom. The summed E-state index contributed by atoms with van der Waals surface area (Å²) in [5.41, 5.74) is 1.26. The topological polar surface area (TPSA) is 56.6 Å². The highest BCUT2D eigenvalue weighted by Crippen LogP contribution is 2.25. The van der Waals surface area contributed by atoms with Crippen LogP contribution in [0.2, 0.25) is 5.02 Å². The Kier molecular flexibility index (Phi) is 4.83. The molecule has 1 fully saturated rings.